The summed E-state index contributed by atoms with van der Waals surface area (Å²) < 4.78 is 21.3. The quantitative estimate of drug-likeness (QED) is 0.441. The lowest BCUT2D eigenvalue weighted by atomic mass is 10.3. The van der Waals surface area contributed by atoms with E-state index in [1.807, 2.05) is 0 Å². The largest absolute Gasteiger partial charge is 0.388 e. The first-order chi connectivity index (χ1) is 9.81. The molecule has 122 valence electrons. The van der Waals surface area contributed by atoms with Crippen LogP contribution in [0.4, 0.5) is 0 Å². The van der Waals surface area contributed by atoms with Gasteiger partial charge in [-0.3, -0.25) is 0 Å². The molecule has 0 unspecified atom stereocenters. The second kappa shape index (κ2) is 16.9. The van der Waals surface area contributed by atoms with Gasteiger partial charge >= 0.3 is 0 Å². The van der Waals surface area contributed by atoms with Gasteiger partial charge in [-0.25, -0.2) is 0 Å². The maximum absolute atomic E-state index is 9.56. The summed E-state index contributed by atoms with van der Waals surface area (Å²) in [5.74, 6) is 0. The van der Waals surface area contributed by atoms with Crippen molar-refractivity contribution in [3.63, 3.8) is 0 Å². The molecule has 0 saturated carbocycles. The van der Waals surface area contributed by atoms with E-state index in [1.165, 1.54) is 0 Å². The summed E-state index contributed by atoms with van der Waals surface area (Å²) in [6.07, 6.45) is 3.83. The van der Waals surface area contributed by atoms with Crippen molar-refractivity contribution in [3.8, 4) is 0 Å². The van der Waals surface area contributed by atoms with Gasteiger partial charge in [-0.1, -0.05) is 26.7 Å². The normalized spacial score (nSPS) is 12.8. The average Bonchev–Trinajstić information content (AvgIpc) is 2.45. The van der Waals surface area contributed by atoms with Crippen molar-refractivity contribution < 1.29 is 24.1 Å². The Morgan fingerprint density at radius 3 is 1.60 bits per heavy atom. The van der Waals surface area contributed by atoms with Gasteiger partial charge in [0.15, 0.2) is 0 Å². The predicted molar refractivity (Wildman–Crippen MR) is 79.1 cm³/mol. The molecular weight excluding hydrogens is 260 g/mol. The fourth-order valence-corrected chi connectivity index (χ4v) is 1.42. The Balaban J connectivity index is 3.07. The molecule has 0 spiro atoms. The molecule has 0 heterocycles. The molecule has 0 fully saturated rings. The molecule has 5 heteroatoms. The van der Waals surface area contributed by atoms with Gasteiger partial charge in [0.25, 0.3) is 0 Å². The standard InChI is InChI=1S/C15H32O5/c1-3-5-7-17-9-10-18-11-12-20-14-15(16)13-19-8-6-4-2/h15-16H,3-14H2,1-2H3/t15-/m0/s1. The third-order valence-electron chi connectivity index (χ3n) is 2.65. The summed E-state index contributed by atoms with van der Waals surface area (Å²) in [5.41, 5.74) is 0. The van der Waals surface area contributed by atoms with Crippen LogP contribution < -0.4 is 0 Å². The minimum Gasteiger partial charge on any atom is -0.388 e. The molecule has 20 heavy (non-hydrogen) atoms. The van der Waals surface area contributed by atoms with E-state index in [9.17, 15) is 5.11 Å². The highest BCUT2D eigenvalue weighted by molar-refractivity contribution is 4.51. The zero-order chi connectivity index (χ0) is 14.9. The van der Waals surface area contributed by atoms with Crippen molar-refractivity contribution in [2.24, 2.45) is 0 Å². The third-order valence-corrected chi connectivity index (χ3v) is 2.65. The number of rotatable bonds is 16. The van der Waals surface area contributed by atoms with Gasteiger partial charge in [0.2, 0.25) is 0 Å². The SMILES string of the molecule is CCCCOCCOCCOC[C@@H](O)COCCCC. The van der Waals surface area contributed by atoms with Crippen LogP contribution in [0.1, 0.15) is 39.5 Å². The number of aliphatic hydroxyl groups excluding tert-OH is 1. The molecule has 0 aliphatic rings. The van der Waals surface area contributed by atoms with E-state index in [4.69, 9.17) is 18.9 Å². The Hall–Kier alpha value is -0.200. The Kier molecular flexibility index (Phi) is 16.7. The lowest BCUT2D eigenvalue weighted by molar-refractivity contribution is -0.0368. The van der Waals surface area contributed by atoms with Crippen molar-refractivity contribution in [1.29, 1.82) is 0 Å². The van der Waals surface area contributed by atoms with E-state index in [0.29, 0.717) is 46.2 Å². The Morgan fingerprint density at radius 2 is 1.05 bits per heavy atom. The van der Waals surface area contributed by atoms with Crippen LogP contribution in [0, 0.1) is 0 Å². The first-order valence-electron chi connectivity index (χ1n) is 7.80. The first-order valence-corrected chi connectivity index (χ1v) is 7.80. The summed E-state index contributed by atoms with van der Waals surface area (Å²) >= 11 is 0. The monoisotopic (exact) mass is 292 g/mol. The molecule has 1 atom stereocenters. The molecule has 0 radical (unpaired) electrons. The molecule has 0 amide bonds. The second-order valence-electron chi connectivity index (χ2n) is 4.74. The molecule has 0 aliphatic heterocycles. The Labute approximate surface area is 123 Å². The van der Waals surface area contributed by atoms with Crippen LogP contribution in [0.25, 0.3) is 0 Å². The fourth-order valence-electron chi connectivity index (χ4n) is 1.42. The maximum atomic E-state index is 9.56. The van der Waals surface area contributed by atoms with Gasteiger partial charge in [0, 0.05) is 13.2 Å². The van der Waals surface area contributed by atoms with Crippen LogP contribution >= 0.6 is 0 Å². The van der Waals surface area contributed by atoms with Gasteiger partial charge < -0.3 is 24.1 Å². The highest BCUT2D eigenvalue weighted by Crippen LogP contribution is 1.92. The van der Waals surface area contributed by atoms with E-state index in [-0.39, 0.29) is 0 Å². The van der Waals surface area contributed by atoms with Crippen LogP contribution in [0.15, 0.2) is 0 Å². The summed E-state index contributed by atoms with van der Waals surface area (Å²) in [4.78, 5) is 0. The van der Waals surface area contributed by atoms with Crippen molar-refractivity contribution in [2.75, 3.05) is 52.9 Å². The summed E-state index contributed by atoms with van der Waals surface area (Å²) in [5, 5.41) is 9.56. The van der Waals surface area contributed by atoms with E-state index in [2.05, 4.69) is 13.8 Å². The van der Waals surface area contributed by atoms with Crippen molar-refractivity contribution >= 4 is 0 Å². The lowest BCUT2D eigenvalue weighted by Gasteiger charge is -2.12. The zero-order valence-corrected chi connectivity index (χ0v) is 13.1. The molecule has 0 aliphatic carbocycles. The number of ether oxygens (including phenoxy) is 4. The minimum absolute atomic E-state index is 0.294. The van der Waals surface area contributed by atoms with Crippen LogP contribution in [-0.4, -0.2) is 64.1 Å². The molecule has 0 aromatic carbocycles. The van der Waals surface area contributed by atoms with Crippen LogP contribution in [0.5, 0.6) is 0 Å². The molecular formula is C15H32O5. The summed E-state index contributed by atoms with van der Waals surface area (Å²) in [6, 6.07) is 0. The smallest absolute Gasteiger partial charge is 0.101 e. The Morgan fingerprint density at radius 1 is 0.650 bits per heavy atom. The highest BCUT2D eigenvalue weighted by atomic mass is 16.5. The third kappa shape index (κ3) is 15.9. The first kappa shape index (κ1) is 19.8. The number of unbranched alkanes of at least 4 members (excludes halogenated alkanes) is 2. The van der Waals surface area contributed by atoms with Crippen LogP contribution in [-0.2, 0) is 18.9 Å². The maximum Gasteiger partial charge on any atom is 0.101 e. The fraction of sp³-hybridized carbons (Fsp3) is 1.00. The van der Waals surface area contributed by atoms with E-state index < -0.39 is 6.10 Å². The second-order valence-corrected chi connectivity index (χ2v) is 4.74. The number of aliphatic hydroxyl groups is 1. The molecule has 1 N–H and O–H groups in total. The average molecular weight is 292 g/mol. The topological polar surface area (TPSA) is 57.2 Å². The van der Waals surface area contributed by atoms with E-state index in [1.54, 1.807) is 0 Å². The minimum atomic E-state index is -0.552. The van der Waals surface area contributed by atoms with Gasteiger partial charge in [0.1, 0.15) is 6.10 Å². The van der Waals surface area contributed by atoms with E-state index >= 15 is 0 Å². The molecule has 0 bridgehead atoms. The zero-order valence-electron chi connectivity index (χ0n) is 13.1. The van der Waals surface area contributed by atoms with Crippen LogP contribution in [0.2, 0.25) is 0 Å². The van der Waals surface area contributed by atoms with Gasteiger partial charge in [-0.2, -0.15) is 0 Å². The molecule has 0 rings (SSSR count). The number of hydrogen-bond donors (Lipinski definition) is 1. The molecule has 0 aromatic heterocycles. The van der Waals surface area contributed by atoms with Crippen molar-refractivity contribution in [1.82, 2.24) is 0 Å². The van der Waals surface area contributed by atoms with Gasteiger partial charge in [-0.05, 0) is 12.8 Å². The molecule has 0 aromatic rings. The number of hydrogen-bond acceptors (Lipinski definition) is 5. The van der Waals surface area contributed by atoms with Gasteiger partial charge in [-0.15, -0.1) is 0 Å². The predicted octanol–water partition coefficient (Wildman–Crippen LogP) is 2.01. The molecule has 0 saturated heterocycles. The highest BCUT2D eigenvalue weighted by Gasteiger charge is 2.03. The van der Waals surface area contributed by atoms with Crippen LogP contribution in [0.3, 0.4) is 0 Å². The van der Waals surface area contributed by atoms with Gasteiger partial charge in [0.05, 0.1) is 39.6 Å². The Bertz CT molecular complexity index is 178. The van der Waals surface area contributed by atoms with E-state index in [0.717, 1.165) is 32.3 Å². The summed E-state index contributed by atoms with van der Waals surface area (Å²) in [7, 11) is 0. The van der Waals surface area contributed by atoms with Crippen molar-refractivity contribution in [2.45, 2.75) is 45.6 Å². The molecule has 5 nitrogen and oxygen atoms in total. The lowest BCUT2D eigenvalue weighted by Crippen LogP contribution is -2.23. The summed E-state index contributed by atoms with van der Waals surface area (Å²) in [6.45, 7) is 8.63. The van der Waals surface area contributed by atoms with Crippen molar-refractivity contribution in [3.05, 3.63) is 0 Å².